The zero-order valence-electron chi connectivity index (χ0n) is 5.92. The van der Waals surface area contributed by atoms with Crippen LogP contribution in [0.3, 0.4) is 0 Å². The predicted molar refractivity (Wildman–Crippen MR) is 41.9 cm³/mol. The van der Waals surface area contributed by atoms with Crippen molar-refractivity contribution in [3.05, 3.63) is 37.3 Å². The van der Waals surface area contributed by atoms with Gasteiger partial charge in [0.25, 0.3) is 0 Å². The topological polar surface area (TPSA) is 9.23 Å². The highest BCUT2D eigenvalue weighted by molar-refractivity contribution is 5.20. The van der Waals surface area contributed by atoms with Gasteiger partial charge in [0.1, 0.15) is 5.75 Å². The van der Waals surface area contributed by atoms with Gasteiger partial charge >= 0.3 is 0 Å². The lowest BCUT2D eigenvalue weighted by molar-refractivity contribution is 0.324. The third kappa shape index (κ3) is 2.09. The Morgan fingerprint density at radius 2 is 1.90 bits per heavy atom. The van der Waals surface area contributed by atoms with Crippen LogP contribution in [0.1, 0.15) is 6.42 Å². The molecule has 1 rings (SSSR count). The summed E-state index contributed by atoms with van der Waals surface area (Å²) in [6.07, 6.45) is 0.814. The van der Waals surface area contributed by atoms with Crippen LogP contribution in [0, 0.1) is 6.92 Å². The molecule has 0 saturated carbocycles. The molecule has 1 heteroatoms. The van der Waals surface area contributed by atoms with Crippen LogP contribution in [0.15, 0.2) is 30.3 Å². The van der Waals surface area contributed by atoms with E-state index in [1.54, 1.807) is 0 Å². The first kappa shape index (κ1) is 7.13. The third-order valence-electron chi connectivity index (χ3n) is 1.16. The van der Waals surface area contributed by atoms with Crippen molar-refractivity contribution in [2.24, 2.45) is 0 Å². The highest BCUT2D eigenvalue weighted by Crippen LogP contribution is 2.07. The number of hydrogen-bond acceptors (Lipinski definition) is 1. The second-order valence-corrected chi connectivity index (χ2v) is 2.02. The Hall–Kier alpha value is -0.980. The van der Waals surface area contributed by atoms with E-state index in [4.69, 9.17) is 4.74 Å². The van der Waals surface area contributed by atoms with Crippen LogP contribution in [0.4, 0.5) is 0 Å². The zero-order chi connectivity index (χ0) is 7.23. The van der Waals surface area contributed by atoms with Gasteiger partial charge < -0.3 is 4.74 Å². The van der Waals surface area contributed by atoms with Crippen LogP contribution < -0.4 is 4.74 Å². The molecule has 0 fully saturated rings. The number of rotatable bonds is 3. The molecule has 0 saturated heterocycles. The van der Waals surface area contributed by atoms with Crippen molar-refractivity contribution in [1.82, 2.24) is 0 Å². The molecule has 1 nitrogen and oxygen atoms in total. The van der Waals surface area contributed by atoms with E-state index in [-0.39, 0.29) is 0 Å². The largest absolute Gasteiger partial charge is 0.494 e. The van der Waals surface area contributed by atoms with E-state index >= 15 is 0 Å². The van der Waals surface area contributed by atoms with Crippen LogP contribution in [0.5, 0.6) is 5.75 Å². The third-order valence-corrected chi connectivity index (χ3v) is 1.16. The fourth-order valence-corrected chi connectivity index (χ4v) is 0.707. The molecule has 0 atom stereocenters. The molecule has 1 radical (unpaired) electrons. The van der Waals surface area contributed by atoms with Crippen LogP contribution in [0.2, 0.25) is 0 Å². The standard InChI is InChI=1S/C9H11O/c1-2-8-10-9-6-4-3-5-7-9/h3-7H,1-2,8H2. The fraction of sp³-hybridized carbons (Fsp3) is 0.222. The number of ether oxygens (including phenoxy) is 1. The van der Waals surface area contributed by atoms with E-state index in [0.29, 0.717) is 6.61 Å². The summed E-state index contributed by atoms with van der Waals surface area (Å²) in [4.78, 5) is 0. The van der Waals surface area contributed by atoms with E-state index in [2.05, 4.69) is 6.92 Å². The van der Waals surface area contributed by atoms with Crippen molar-refractivity contribution in [2.45, 2.75) is 6.42 Å². The van der Waals surface area contributed by atoms with Gasteiger partial charge in [-0.15, -0.1) is 0 Å². The number of para-hydroxylation sites is 1. The molecule has 0 unspecified atom stereocenters. The Kier molecular flexibility index (Phi) is 2.81. The highest BCUT2D eigenvalue weighted by atomic mass is 16.5. The van der Waals surface area contributed by atoms with Crippen molar-refractivity contribution < 1.29 is 4.74 Å². The first-order valence-corrected chi connectivity index (χ1v) is 3.40. The second kappa shape index (κ2) is 3.94. The molecule has 0 aliphatic carbocycles. The summed E-state index contributed by atoms with van der Waals surface area (Å²) in [6.45, 7) is 4.37. The average molecular weight is 135 g/mol. The minimum atomic E-state index is 0.698. The van der Waals surface area contributed by atoms with Gasteiger partial charge in [0.15, 0.2) is 0 Å². The van der Waals surface area contributed by atoms with E-state index in [1.807, 2.05) is 30.3 Å². The molecular formula is C9H11O. The van der Waals surface area contributed by atoms with Crippen molar-refractivity contribution in [1.29, 1.82) is 0 Å². The summed E-state index contributed by atoms with van der Waals surface area (Å²) >= 11 is 0. The monoisotopic (exact) mass is 135 g/mol. The van der Waals surface area contributed by atoms with Gasteiger partial charge in [-0.3, -0.25) is 0 Å². The first-order chi connectivity index (χ1) is 4.93. The van der Waals surface area contributed by atoms with Crippen molar-refractivity contribution in [3.8, 4) is 5.75 Å². The predicted octanol–water partition coefficient (Wildman–Crippen LogP) is 2.29. The van der Waals surface area contributed by atoms with Crippen LogP contribution in [0.25, 0.3) is 0 Å². The van der Waals surface area contributed by atoms with E-state index < -0.39 is 0 Å². The highest BCUT2D eigenvalue weighted by Gasteiger charge is 1.86. The summed E-state index contributed by atoms with van der Waals surface area (Å²) in [6, 6.07) is 9.76. The smallest absolute Gasteiger partial charge is 0.119 e. The molecule has 0 heterocycles. The Morgan fingerprint density at radius 1 is 1.20 bits per heavy atom. The SMILES string of the molecule is [CH2]CCOc1ccccc1. The summed E-state index contributed by atoms with van der Waals surface area (Å²) < 4.78 is 5.29. The Morgan fingerprint density at radius 3 is 2.50 bits per heavy atom. The van der Waals surface area contributed by atoms with Crippen LogP contribution in [-0.2, 0) is 0 Å². The maximum absolute atomic E-state index is 5.29. The summed E-state index contributed by atoms with van der Waals surface area (Å²) in [5.74, 6) is 0.922. The lowest BCUT2D eigenvalue weighted by Gasteiger charge is -2.01. The van der Waals surface area contributed by atoms with Gasteiger partial charge in [-0.2, -0.15) is 0 Å². The van der Waals surface area contributed by atoms with Crippen molar-refractivity contribution in [2.75, 3.05) is 6.61 Å². The maximum atomic E-state index is 5.29. The van der Waals surface area contributed by atoms with Crippen molar-refractivity contribution in [3.63, 3.8) is 0 Å². The fourth-order valence-electron chi connectivity index (χ4n) is 0.707. The Labute approximate surface area is 61.6 Å². The molecule has 0 aromatic heterocycles. The molecule has 53 valence electrons. The van der Waals surface area contributed by atoms with Gasteiger partial charge in [0.2, 0.25) is 0 Å². The summed E-state index contributed by atoms with van der Waals surface area (Å²) in [5, 5.41) is 0. The average Bonchev–Trinajstić information content (AvgIpc) is 2.03. The Bertz CT molecular complexity index is 169. The molecule has 1 aromatic rings. The summed E-state index contributed by atoms with van der Waals surface area (Å²) in [7, 11) is 0. The quantitative estimate of drug-likeness (QED) is 0.617. The molecule has 0 aliphatic heterocycles. The van der Waals surface area contributed by atoms with Gasteiger partial charge in [-0.25, -0.2) is 0 Å². The maximum Gasteiger partial charge on any atom is 0.119 e. The lowest BCUT2D eigenvalue weighted by atomic mass is 10.3. The first-order valence-electron chi connectivity index (χ1n) is 3.40. The zero-order valence-corrected chi connectivity index (χ0v) is 5.92. The molecule has 0 aliphatic rings. The molecule has 0 amide bonds. The Balaban J connectivity index is 2.43. The molecule has 0 bridgehead atoms. The van der Waals surface area contributed by atoms with Gasteiger partial charge in [-0.05, 0) is 25.5 Å². The van der Waals surface area contributed by atoms with Gasteiger partial charge in [0, 0.05) is 0 Å². The molecule has 10 heavy (non-hydrogen) atoms. The van der Waals surface area contributed by atoms with E-state index in [9.17, 15) is 0 Å². The normalized spacial score (nSPS) is 9.30. The summed E-state index contributed by atoms with van der Waals surface area (Å²) in [5.41, 5.74) is 0. The number of benzene rings is 1. The van der Waals surface area contributed by atoms with Crippen LogP contribution in [-0.4, -0.2) is 6.61 Å². The second-order valence-electron chi connectivity index (χ2n) is 2.02. The minimum absolute atomic E-state index is 0.698. The van der Waals surface area contributed by atoms with Crippen molar-refractivity contribution >= 4 is 0 Å². The minimum Gasteiger partial charge on any atom is -0.494 e. The van der Waals surface area contributed by atoms with Crippen LogP contribution >= 0.6 is 0 Å². The molecule has 0 N–H and O–H groups in total. The number of hydrogen-bond donors (Lipinski definition) is 0. The molecule has 0 spiro atoms. The molecule has 1 aromatic carbocycles. The van der Waals surface area contributed by atoms with E-state index in [0.717, 1.165) is 12.2 Å². The lowest BCUT2D eigenvalue weighted by Crippen LogP contribution is -1.93. The molecular weight excluding hydrogens is 124 g/mol. The van der Waals surface area contributed by atoms with Gasteiger partial charge in [0.05, 0.1) is 6.61 Å². The van der Waals surface area contributed by atoms with Gasteiger partial charge in [-0.1, -0.05) is 18.2 Å². The van der Waals surface area contributed by atoms with E-state index in [1.165, 1.54) is 0 Å².